The number of unbranched alkanes of at least 4 members (excludes halogenated alkanes) is 2. The van der Waals surface area contributed by atoms with Crippen molar-refractivity contribution in [3.8, 4) is 11.3 Å². The Kier molecular flexibility index (Phi) is 11.5. The van der Waals surface area contributed by atoms with Crippen molar-refractivity contribution in [2.45, 2.75) is 85.7 Å². The number of hydrogen-bond donors (Lipinski definition) is 0. The third-order valence-corrected chi connectivity index (χ3v) is 6.50. The van der Waals surface area contributed by atoms with Gasteiger partial charge in [-0.05, 0) is 42.9 Å². The Labute approximate surface area is 189 Å². The van der Waals surface area contributed by atoms with E-state index in [4.69, 9.17) is 16.7 Å². The number of aromatic nitrogens is 2. The van der Waals surface area contributed by atoms with E-state index >= 15 is 0 Å². The Bertz CT molecular complexity index is 677. The van der Waals surface area contributed by atoms with E-state index in [0.29, 0.717) is 0 Å². The molecule has 1 heterocycles. The Morgan fingerprint density at radius 1 is 0.867 bits per heavy atom. The van der Waals surface area contributed by atoms with E-state index in [0.717, 1.165) is 34.8 Å². The Morgan fingerprint density at radius 2 is 1.43 bits per heavy atom. The van der Waals surface area contributed by atoms with Crippen LogP contribution in [-0.2, 0) is 6.67 Å². The molecule has 2 aromatic rings. The molecule has 0 saturated heterocycles. The largest absolute Gasteiger partial charge is 0.284 e. The summed E-state index contributed by atoms with van der Waals surface area (Å²) in [7, 11) is 0. The summed E-state index contributed by atoms with van der Waals surface area (Å²) in [6, 6.07) is 10.1. The number of rotatable bonds is 15. The Morgan fingerprint density at radius 3 is 1.93 bits per heavy atom. The topological polar surface area (TPSA) is 21.1 Å². The number of hydrogen-bond acceptors (Lipinski definition) is 2. The highest BCUT2D eigenvalue weighted by Gasteiger charge is 2.18. The molecule has 0 N–H and O–H groups in total. The molecule has 2 rings (SSSR count). The number of benzene rings is 1. The fourth-order valence-electron chi connectivity index (χ4n) is 4.17. The van der Waals surface area contributed by atoms with Gasteiger partial charge in [0.05, 0.1) is 12.4 Å². The third kappa shape index (κ3) is 8.43. The first-order valence-electron chi connectivity index (χ1n) is 12.1. The van der Waals surface area contributed by atoms with E-state index in [2.05, 4.69) is 49.5 Å². The second-order valence-electron chi connectivity index (χ2n) is 8.76. The minimum atomic E-state index is 0.764. The molecule has 0 saturated carbocycles. The van der Waals surface area contributed by atoms with Gasteiger partial charge in [-0.15, -0.1) is 0 Å². The van der Waals surface area contributed by atoms with E-state index in [1.165, 1.54) is 64.5 Å². The van der Waals surface area contributed by atoms with Crippen molar-refractivity contribution in [1.29, 1.82) is 0 Å². The van der Waals surface area contributed by atoms with Crippen LogP contribution in [0.25, 0.3) is 11.3 Å². The molecule has 0 radical (unpaired) electrons. The zero-order valence-electron chi connectivity index (χ0n) is 19.6. The second-order valence-corrected chi connectivity index (χ2v) is 9.19. The molecular formula is C26H42ClN3. The van der Waals surface area contributed by atoms with E-state index in [1.807, 2.05) is 24.3 Å². The predicted octanol–water partition coefficient (Wildman–Crippen LogP) is 7.90. The maximum absolute atomic E-state index is 6.04. The summed E-state index contributed by atoms with van der Waals surface area (Å²) >= 11 is 6.04. The van der Waals surface area contributed by atoms with Gasteiger partial charge >= 0.3 is 0 Å². The SMILES string of the molecule is CCCCC(CC)CN(CC(CC)CCCC)Cn1ccc(-c2ccc(Cl)cc2)n1. The lowest BCUT2D eigenvalue weighted by molar-refractivity contribution is 0.138. The van der Waals surface area contributed by atoms with Crippen LogP contribution in [0.1, 0.15) is 79.1 Å². The fourth-order valence-corrected chi connectivity index (χ4v) is 4.30. The van der Waals surface area contributed by atoms with E-state index in [1.54, 1.807) is 0 Å². The molecule has 0 fully saturated rings. The van der Waals surface area contributed by atoms with Crippen molar-refractivity contribution < 1.29 is 0 Å². The standard InChI is InChI=1S/C26H42ClN3/c1-5-9-11-22(7-3)19-29(20-23(8-4)12-10-6-2)21-30-18-17-26(28-30)24-13-15-25(27)16-14-24/h13-18,22-23H,5-12,19-21H2,1-4H3. The van der Waals surface area contributed by atoms with Crippen molar-refractivity contribution in [3.63, 3.8) is 0 Å². The maximum atomic E-state index is 6.04. The van der Waals surface area contributed by atoms with Gasteiger partial charge in [0.25, 0.3) is 0 Å². The molecule has 0 aliphatic rings. The second kappa shape index (κ2) is 13.9. The summed E-state index contributed by atoms with van der Waals surface area (Å²) in [4.78, 5) is 2.66. The van der Waals surface area contributed by atoms with Gasteiger partial charge in [0.2, 0.25) is 0 Å². The molecule has 0 aliphatic heterocycles. The highest BCUT2D eigenvalue weighted by atomic mass is 35.5. The summed E-state index contributed by atoms with van der Waals surface area (Å²) in [5.41, 5.74) is 2.14. The molecule has 0 aliphatic carbocycles. The first-order chi connectivity index (χ1) is 14.6. The predicted molar refractivity (Wildman–Crippen MR) is 131 cm³/mol. The molecule has 1 aromatic heterocycles. The monoisotopic (exact) mass is 431 g/mol. The summed E-state index contributed by atoms with van der Waals surface area (Å²) in [6.45, 7) is 12.5. The minimum Gasteiger partial charge on any atom is -0.284 e. The summed E-state index contributed by atoms with van der Waals surface area (Å²) < 4.78 is 2.11. The first kappa shape index (κ1) is 24.9. The molecule has 4 heteroatoms. The molecule has 2 atom stereocenters. The Balaban J connectivity index is 2.09. The van der Waals surface area contributed by atoms with Crippen LogP contribution in [0, 0.1) is 11.8 Å². The molecule has 3 nitrogen and oxygen atoms in total. The average molecular weight is 432 g/mol. The lowest BCUT2D eigenvalue weighted by Gasteiger charge is -2.30. The van der Waals surface area contributed by atoms with E-state index in [-0.39, 0.29) is 0 Å². The van der Waals surface area contributed by atoms with Gasteiger partial charge in [-0.2, -0.15) is 5.10 Å². The maximum Gasteiger partial charge on any atom is 0.0929 e. The van der Waals surface area contributed by atoms with Crippen molar-refractivity contribution in [2.24, 2.45) is 11.8 Å². The summed E-state index contributed by atoms with van der Waals surface area (Å²) in [5.74, 6) is 1.56. The van der Waals surface area contributed by atoms with Crippen LogP contribution < -0.4 is 0 Å². The summed E-state index contributed by atoms with van der Waals surface area (Å²) in [6.07, 6.45) is 12.6. The van der Waals surface area contributed by atoms with Crippen LogP contribution >= 0.6 is 11.6 Å². The third-order valence-electron chi connectivity index (χ3n) is 6.24. The van der Waals surface area contributed by atoms with Gasteiger partial charge in [-0.1, -0.05) is 90.0 Å². The molecule has 0 spiro atoms. The molecule has 0 amide bonds. The minimum absolute atomic E-state index is 0.764. The van der Waals surface area contributed by atoms with Crippen molar-refractivity contribution in [1.82, 2.24) is 14.7 Å². The van der Waals surface area contributed by atoms with Crippen molar-refractivity contribution >= 4 is 11.6 Å². The van der Waals surface area contributed by atoms with Crippen LogP contribution in [0.4, 0.5) is 0 Å². The number of halogens is 1. The molecule has 1 aromatic carbocycles. The smallest absolute Gasteiger partial charge is 0.0929 e. The van der Waals surface area contributed by atoms with E-state index < -0.39 is 0 Å². The zero-order valence-corrected chi connectivity index (χ0v) is 20.4. The fraction of sp³-hybridized carbons (Fsp3) is 0.654. The molecule has 168 valence electrons. The van der Waals surface area contributed by atoms with Gasteiger partial charge in [-0.3, -0.25) is 9.58 Å². The van der Waals surface area contributed by atoms with Crippen LogP contribution in [0.15, 0.2) is 36.5 Å². The lowest BCUT2D eigenvalue weighted by atomic mass is 9.96. The molecule has 2 unspecified atom stereocenters. The first-order valence-corrected chi connectivity index (χ1v) is 12.5. The van der Waals surface area contributed by atoms with Crippen LogP contribution in [0.5, 0.6) is 0 Å². The molecule has 0 bridgehead atoms. The van der Waals surface area contributed by atoms with Gasteiger partial charge in [0.1, 0.15) is 0 Å². The quantitative estimate of drug-likeness (QED) is 0.285. The van der Waals surface area contributed by atoms with Crippen LogP contribution in [-0.4, -0.2) is 27.8 Å². The van der Waals surface area contributed by atoms with Crippen molar-refractivity contribution in [3.05, 3.63) is 41.6 Å². The zero-order chi connectivity index (χ0) is 21.8. The van der Waals surface area contributed by atoms with Crippen molar-refractivity contribution in [2.75, 3.05) is 13.1 Å². The van der Waals surface area contributed by atoms with Gasteiger partial charge in [-0.25, -0.2) is 0 Å². The normalized spacial score (nSPS) is 13.7. The van der Waals surface area contributed by atoms with Crippen LogP contribution in [0.2, 0.25) is 5.02 Å². The lowest BCUT2D eigenvalue weighted by Crippen LogP contribution is -2.35. The highest BCUT2D eigenvalue weighted by molar-refractivity contribution is 6.30. The van der Waals surface area contributed by atoms with Gasteiger partial charge < -0.3 is 0 Å². The molecular weight excluding hydrogens is 390 g/mol. The summed E-state index contributed by atoms with van der Waals surface area (Å²) in [5, 5.41) is 5.64. The van der Waals surface area contributed by atoms with Crippen LogP contribution in [0.3, 0.4) is 0 Å². The average Bonchev–Trinajstić information content (AvgIpc) is 3.22. The number of nitrogens with zero attached hydrogens (tertiary/aromatic N) is 3. The highest BCUT2D eigenvalue weighted by Crippen LogP contribution is 2.22. The van der Waals surface area contributed by atoms with Gasteiger partial charge in [0.15, 0.2) is 0 Å². The molecule has 30 heavy (non-hydrogen) atoms. The van der Waals surface area contributed by atoms with Gasteiger partial charge in [0, 0.05) is 29.9 Å². The van der Waals surface area contributed by atoms with E-state index in [9.17, 15) is 0 Å². The Hall–Kier alpha value is -1.32.